The smallest absolute Gasteiger partial charge is 0.261 e. The average Bonchev–Trinajstić information content (AvgIpc) is 2.89. The van der Waals surface area contributed by atoms with E-state index in [1.165, 1.54) is 4.57 Å². The van der Waals surface area contributed by atoms with Crippen molar-refractivity contribution in [1.29, 1.82) is 0 Å². The monoisotopic (exact) mass is 429 g/mol. The molecule has 5 nitrogen and oxygen atoms in total. The van der Waals surface area contributed by atoms with Gasteiger partial charge in [0.15, 0.2) is 0 Å². The van der Waals surface area contributed by atoms with Crippen molar-refractivity contribution in [3.63, 3.8) is 0 Å². The van der Waals surface area contributed by atoms with Crippen molar-refractivity contribution >= 4 is 56.7 Å². The number of benzene rings is 2. The number of hydrogen-bond acceptors (Lipinski definition) is 3. The number of hydrogen-bond donors (Lipinski definition) is 1. The molecule has 0 spiro atoms. The van der Waals surface area contributed by atoms with Crippen LogP contribution in [-0.4, -0.2) is 15.5 Å². The second-order valence-corrected chi connectivity index (χ2v) is 6.80. The van der Waals surface area contributed by atoms with E-state index in [1.54, 1.807) is 13.1 Å². The minimum Gasteiger partial charge on any atom is -0.321 e. The molecule has 1 aliphatic rings. The Morgan fingerprint density at radius 1 is 1.17 bits per heavy atom. The van der Waals surface area contributed by atoms with E-state index in [2.05, 4.69) is 32.9 Å². The Balaban J connectivity index is 1.95. The summed E-state index contributed by atoms with van der Waals surface area (Å²) in [4.78, 5) is 29.4. The van der Waals surface area contributed by atoms with E-state index in [9.17, 15) is 9.59 Å². The van der Waals surface area contributed by atoms with Crippen LogP contribution < -0.4 is 10.9 Å². The fourth-order valence-electron chi connectivity index (χ4n) is 2.80. The SMILES string of the molecule is Cn1c(/C=C2/C(=O)Nc3ccccc32)nc2ccc(I)cc2c1=O. The molecule has 118 valence electrons. The number of rotatable bonds is 1. The summed E-state index contributed by atoms with van der Waals surface area (Å²) in [6.07, 6.45) is 1.67. The number of carbonyl (C=O) groups excluding carboxylic acids is 1. The third kappa shape index (κ3) is 2.34. The van der Waals surface area contributed by atoms with Crippen molar-refractivity contribution in [3.8, 4) is 0 Å². The predicted molar refractivity (Wildman–Crippen MR) is 103 cm³/mol. The molecule has 1 aromatic heterocycles. The molecule has 2 aromatic carbocycles. The predicted octanol–water partition coefficient (Wildman–Crippen LogP) is 3.03. The third-order valence-electron chi connectivity index (χ3n) is 4.06. The van der Waals surface area contributed by atoms with E-state index in [4.69, 9.17) is 0 Å². The van der Waals surface area contributed by atoms with Crippen molar-refractivity contribution in [2.45, 2.75) is 0 Å². The van der Waals surface area contributed by atoms with Crippen LogP contribution in [0.4, 0.5) is 5.69 Å². The van der Waals surface area contributed by atoms with Crippen LogP contribution >= 0.6 is 22.6 Å². The van der Waals surface area contributed by atoms with Gasteiger partial charge >= 0.3 is 0 Å². The molecule has 3 aromatic rings. The topological polar surface area (TPSA) is 64.0 Å². The van der Waals surface area contributed by atoms with Gasteiger partial charge in [-0.15, -0.1) is 0 Å². The summed E-state index contributed by atoms with van der Waals surface area (Å²) in [7, 11) is 1.67. The number of fused-ring (bicyclic) bond motifs is 2. The largest absolute Gasteiger partial charge is 0.321 e. The van der Waals surface area contributed by atoms with E-state index >= 15 is 0 Å². The summed E-state index contributed by atoms with van der Waals surface area (Å²) >= 11 is 2.17. The zero-order chi connectivity index (χ0) is 16.8. The van der Waals surface area contributed by atoms with Crippen molar-refractivity contribution in [3.05, 3.63) is 67.8 Å². The highest BCUT2D eigenvalue weighted by Gasteiger charge is 2.24. The minimum atomic E-state index is -0.187. The lowest BCUT2D eigenvalue weighted by atomic mass is 10.1. The molecule has 6 heteroatoms. The number of nitrogens with one attached hydrogen (secondary N) is 1. The second kappa shape index (κ2) is 5.55. The van der Waals surface area contributed by atoms with Crippen LogP contribution in [0.25, 0.3) is 22.6 Å². The summed E-state index contributed by atoms with van der Waals surface area (Å²) in [6, 6.07) is 13.0. The molecule has 0 unspecified atom stereocenters. The number of halogens is 1. The summed E-state index contributed by atoms with van der Waals surface area (Å²) < 4.78 is 2.45. The zero-order valence-corrected chi connectivity index (χ0v) is 14.9. The summed E-state index contributed by atoms with van der Waals surface area (Å²) in [5.74, 6) is 0.267. The first-order valence-corrected chi connectivity index (χ1v) is 8.41. The van der Waals surface area contributed by atoms with E-state index in [0.717, 1.165) is 14.8 Å². The Labute approximate surface area is 151 Å². The number of aromatic nitrogens is 2. The molecule has 1 N–H and O–H groups in total. The van der Waals surface area contributed by atoms with Crippen LogP contribution in [0.3, 0.4) is 0 Å². The van der Waals surface area contributed by atoms with Crippen molar-refractivity contribution in [1.82, 2.24) is 9.55 Å². The maximum atomic E-state index is 12.6. The van der Waals surface area contributed by atoms with E-state index in [1.807, 2.05) is 42.5 Å². The van der Waals surface area contributed by atoms with Crippen molar-refractivity contribution < 1.29 is 4.79 Å². The lowest BCUT2D eigenvalue weighted by Crippen LogP contribution is -2.21. The number of nitrogens with zero attached hydrogens (tertiary/aromatic N) is 2. The van der Waals surface area contributed by atoms with Crippen molar-refractivity contribution in [2.24, 2.45) is 7.05 Å². The molecule has 0 radical (unpaired) electrons. The van der Waals surface area contributed by atoms with Crippen LogP contribution in [0.15, 0.2) is 47.3 Å². The van der Waals surface area contributed by atoms with E-state index < -0.39 is 0 Å². The fourth-order valence-corrected chi connectivity index (χ4v) is 3.29. The average molecular weight is 429 g/mol. The Morgan fingerprint density at radius 3 is 2.79 bits per heavy atom. The zero-order valence-electron chi connectivity index (χ0n) is 12.7. The van der Waals surface area contributed by atoms with E-state index in [-0.39, 0.29) is 11.5 Å². The molecule has 4 rings (SSSR count). The van der Waals surface area contributed by atoms with Crippen LogP contribution in [0, 0.1) is 3.57 Å². The first kappa shape index (κ1) is 15.1. The molecular formula is C18H12IN3O2. The van der Waals surface area contributed by atoms with Gasteiger partial charge < -0.3 is 5.32 Å². The fraction of sp³-hybridized carbons (Fsp3) is 0.0556. The van der Waals surface area contributed by atoms with Gasteiger partial charge in [0.1, 0.15) is 5.82 Å². The molecule has 24 heavy (non-hydrogen) atoms. The molecular weight excluding hydrogens is 417 g/mol. The molecule has 1 amide bonds. The number of carbonyl (C=O) groups is 1. The second-order valence-electron chi connectivity index (χ2n) is 5.55. The van der Waals surface area contributed by atoms with Gasteiger partial charge in [-0.2, -0.15) is 0 Å². The molecule has 2 heterocycles. The number of amides is 1. The summed E-state index contributed by atoms with van der Waals surface area (Å²) in [6.45, 7) is 0. The van der Waals surface area contributed by atoms with Crippen molar-refractivity contribution in [2.75, 3.05) is 5.32 Å². The molecule has 0 aliphatic carbocycles. The van der Waals surface area contributed by atoms with Gasteiger partial charge in [0.05, 0.1) is 16.5 Å². The maximum absolute atomic E-state index is 12.6. The molecule has 0 fully saturated rings. The van der Waals surface area contributed by atoms with Gasteiger partial charge in [-0.25, -0.2) is 4.98 Å². The standard InChI is InChI=1S/C18H12IN3O2/c1-22-16(20-15-7-6-10(19)8-13(15)18(22)24)9-12-11-4-2-3-5-14(11)21-17(12)23/h2-9H,1H3,(H,21,23)/b12-9+. The highest BCUT2D eigenvalue weighted by molar-refractivity contribution is 14.1. The minimum absolute atomic E-state index is 0.128. The Hall–Kier alpha value is -2.48. The normalized spacial score (nSPS) is 14.9. The number of anilines is 1. The summed E-state index contributed by atoms with van der Waals surface area (Å²) in [5.41, 5.74) is 2.60. The van der Waals surface area contributed by atoms with Gasteiger partial charge in [-0.1, -0.05) is 18.2 Å². The molecule has 0 bridgehead atoms. The molecule has 0 atom stereocenters. The van der Waals surface area contributed by atoms with Gasteiger partial charge in [0, 0.05) is 21.9 Å². The van der Waals surface area contributed by atoms with Gasteiger partial charge in [0.25, 0.3) is 11.5 Å². The Morgan fingerprint density at radius 2 is 1.96 bits per heavy atom. The van der Waals surface area contributed by atoms with Crippen LogP contribution in [0.5, 0.6) is 0 Å². The quantitative estimate of drug-likeness (QED) is 0.478. The Kier molecular flexibility index (Phi) is 3.49. The molecule has 0 saturated heterocycles. The molecule has 1 aliphatic heterocycles. The molecule has 0 saturated carbocycles. The van der Waals surface area contributed by atoms with Crippen LogP contribution in [-0.2, 0) is 11.8 Å². The number of para-hydroxylation sites is 1. The highest BCUT2D eigenvalue weighted by atomic mass is 127. The summed E-state index contributed by atoms with van der Waals surface area (Å²) in [5, 5.41) is 3.40. The lowest BCUT2D eigenvalue weighted by molar-refractivity contribution is -0.110. The first-order chi connectivity index (χ1) is 11.5. The lowest BCUT2D eigenvalue weighted by Gasteiger charge is -2.07. The van der Waals surface area contributed by atoms with E-state index in [0.29, 0.717) is 22.3 Å². The van der Waals surface area contributed by atoms with Crippen LogP contribution in [0.1, 0.15) is 11.4 Å². The maximum Gasteiger partial charge on any atom is 0.261 e. The van der Waals surface area contributed by atoms with Gasteiger partial charge in [-0.05, 0) is 52.9 Å². The third-order valence-corrected chi connectivity index (χ3v) is 4.73. The first-order valence-electron chi connectivity index (χ1n) is 7.33. The van der Waals surface area contributed by atoms with Gasteiger partial charge in [0.2, 0.25) is 0 Å². The van der Waals surface area contributed by atoms with Crippen LogP contribution in [0.2, 0.25) is 0 Å². The Bertz CT molecular complexity index is 1100. The van der Waals surface area contributed by atoms with Gasteiger partial charge in [-0.3, -0.25) is 14.2 Å². The highest BCUT2D eigenvalue weighted by Crippen LogP contribution is 2.32.